The fraction of sp³-hybridized carbons (Fsp3) is 0.839. The summed E-state index contributed by atoms with van der Waals surface area (Å²) < 4.78 is 2.43. The molecule has 1 aromatic heterocycles. The summed E-state index contributed by atoms with van der Waals surface area (Å²) in [5.41, 5.74) is 1.53. The minimum absolute atomic E-state index is 1.20. The number of hydrogen-bond acceptors (Lipinski definition) is 0. The van der Waals surface area contributed by atoms with E-state index < -0.39 is 0 Å². The van der Waals surface area contributed by atoms with Crippen LogP contribution in [0, 0.1) is 0 Å². The molecule has 0 aliphatic rings. The zero-order chi connectivity index (χ0) is 23.0. The first kappa shape index (κ1) is 29.2. The van der Waals surface area contributed by atoms with Crippen molar-refractivity contribution < 1.29 is 4.57 Å². The van der Waals surface area contributed by atoms with E-state index in [2.05, 4.69) is 42.9 Å². The van der Waals surface area contributed by atoms with Crippen LogP contribution in [0.4, 0.5) is 0 Å². The molecule has 0 aliphatic carbocycles. The molecule has 0 amide bonds. The van der Waals surface area contributed by atoms with Crippen molar-refractivity contribution in [1.29, 1.82) is 0 Å². The Labute approximate surface area is 202 Å². The smallest absolute Gasteiger partial charge is 0.171 e. The minimum atomic E-state index is 1.20. The van der Waals surface area contributed by atoms with E-state index in [0.29, 0.717) is 0 Å². The maximum absolute atomic E-state index is 2.43. The maximum atomic E-state index is 2.43. The van der Waals surface area contributed by atoms with Crippen LogP contribution < -0.4 is 4.57 Å². The van der Waals surface area contributed by atoms with Crippen molar-refractivity contribution in [2.75, 3.05) is 0 Å². The lowest BCUT2D eigenvalue weighted by Gasteiger charge is -2.04. The van der Waals surface area contributed by atoms with E-state index in [0.717, 1.165) is 0 Å². The zero-order valence-electron chi connectivity index (χ0n) is 22.2. The van der Waals surface area contributed by atoms with Gasteiger partial charge in [-0.2, -0.15) is 0 Å². The van der Waals surface area contributed by atoms with Gasteiger partial charge in [0.05, 0.1) is 0 Å². The second kappa shape index (κ2) is 23.3. The van der Waals surface area contributed by atoms with Crippen LogP contribution in [0.1, 0.15) is 161 Å². The summed E-state index contributed by atoms with van der Waals surface area (Å²) in [5.74, 6) is 0. The monoisotopic (exact) mass is 444 g/mol. The molecule has 1 nitrogen and oxygen atoms in total. The lowest BCUT2D eigenvalue weighted by Crippen LogP contribution is -2.33. The molecule has 0 bridgehead atoms. The number of aryl methyl sites for hydroxylation is 2. The van der Waals surface area contributed by atoms with Gasteiger partial charge in [0.1, 0.15) is 6.54 Å². The van der Waals surface area contributed by atoms with Crippen molar-refractivity contribution >= 4 is 0 Å². The molecule has 0 atom stereocenters. The fourth-order valence-electron chi connectivity index (χ4n) is 4.82. The van der Waals surface area contributed by atoms with Gasteiger partial charge in [0.2, 0.25) is 0 Å². The van der Waals surface area contributed by atoms with E-state index in [1.54, 1.807) is 0 Å². The fourth-order valence-corrected chi connectivity index (χ4v) is 4.82. The highest BCUT2D eigenvalue weighted by molar-refractivity contribution is 5.05. The molecule has 186 valence electrons. The van der Waals surface area contributed by atoms with Gasteiger partial charge in [0.25, 0.3) is 0 Å². The summed E-state index contributed by atoms with van der Waals surface area (Å²) in [5, 5.41) is 0. The first-order valence-electron chi connectivity index (χ1n) is 14.8. The third-order valence-electron chi connectivity index (χ3n) is 7.01. The predicted molar refractivity (Wildman–Crippen MR) is 143 cm³/mol. The van der Waals surface area contributed by atoms with Crippen molar-refractivity contribution in [2.45, 2.75) is 168 Å². The van der Waals surface area contributed by atoms with E-state index in [9.17, 15) is 0 Å². The van der Waals surface area contributed by atoms with E-state index >= 15 is 0 Å². The zero-order valence-corrected chi connectivity index (χ0v) is 22.2. The number of unbranched alkanes of at least 4 members (excludes halogenated alkanes) is 20. The van der Waals surface area contributed by atoms with E-state index in [1.165, 1.54) is 160 Å². The second-order valence-corrected chi connectivity index (χ2v) is 10.3. The summed E-state index contributed by atoms with van der Waals surface area (Å²) >= 11 is 0. The Kier molecular flexibility index (Phi) is 21.3. The van der Waals surface area contributed by atoms with Crippen molar-refractivity contribution in [3.63, 3.8) is 0 Å². The minimum Gasteiger partial charge on any atom is -0.205 e. The number of pyridine rings is 1. The number of nitrogens with zero attached hydrogens (tertiary/aromatic N) is 1. The summed E-state index contributed by atoms with van der Waals surface area (Å²) in [4.78, 5) is 0. The van der Waals surface area contributed by atoms with Crippen molar-refractivity contribution in [3.05, 3.63) is 30.1 Å². The Morgan fingerprint density at radius 1 is 0.500 bits per heavy atom. The topological polar surface area (TPSA) is 3.88 Å². The van der Waals surface area contributed by atoms with Crippen LogP contribution in [0.2, 0.25) is 0 Å². The normalized spacial score (nSPS) is 11.3. The van der Waals surface area contributed by atoms with Gasteiger partial charge < -0.3 is 0 Å². The molecule has 1 aromatic rings. The molecule has 1 heteroatoms. The van der Waals surface area contributed by atoms with Gasteiger partial charge in [-0.3, -0.25) is 0 Å². The Bertz CT molecular complexity index is 495. The largest absolute Gasteiger partial charge is 0.205 e. The van der Waals surface area contributed by atoms with Crippen LogP contribution in [-0.2, 0) is 13.0 Å². The Hall–Kier alpha value is -0.850. The molecule has 0 N–H and O–H groups in total. The third-order valence-corrected chi connectivity index (χ3v) is 7.01. The molecular formula is C31H58N+. The molecule has 0 saturated heterocycles. The Balaban J connectivity index is 1.93. The molecule has 0 spiro atoms. The molecule has 0 fully saturated rings. The van der Waals surface area contributed by atoms with Gasteiger partial charge >= 0.3 is 0 Å². The van der Waals surface area contributed by atoms with Crippen LogP contribution in [0.3, 0.4) is 0 Å². The van der Waals surface area contributed by atoms with Crippen LogP contribution >= 0.6 is 0 Å². The SMILES string of the molecule is CCCCCCCCCCCCCCC[n+]1cccc(CCCCCCCCCCC)c1. The average molecular weight is 445 g/mol. The molecule has 0 saturated carbocycles. The highest BCUT2D eigenvalue weighted by Gasteiger charge is 2.03. The van der Waals surface area contributed by atoms with Gasteiger partial charge in [-0.05, 0) is 25.3 Å². The van der Waals surface area contributed by atoms with Crippen LogP contribution in [0.15, 0.2) is 24.5 Å². The summed E-state index contributed by atoms with van der Waals surface area (Å²) in [6, 6.07) is 4.58. The number of rotatable bonds is 24. The van der Waals surface area contributed by atoms with Gasteiger partial charge in [-0.25, -0.2) is 4.57 Å². The molecule has 1 rings (SSSR count). The molecular weight excluding hydrogens is 386 g/mol. The maximum Gasteiger partial charge on any atom is 0.171 e. The Morgan fingerprint density at radius 3 is 1.38 bits per heavy atom. The lowest BCUT2D eigenvalue weighted by molar-refractivity contribution is -0.697. The van der Waals surface area contributed by atoms with E-state index in [1.807, 2.05) is 0 Å². The van der Waals surface area contributed by atoms with Gasteiger partial charge in [0, 0.05) is 18.1 Å². The van der Waals surface area contributed by atoms with Gasteiger partial charge in [-0.15, -0.1) is 0 Å². The highest BCUT2D eigenvalue weighted by Crippen LogP contribution is 2.13. The van der Waals surface area contributed by atoms with Crippen molar-refractivity contribution in [2.24, 2.45) is 0 Å². The third kappa shape index (κ3) is 18.7. The lowest BCUT2D eigenvalue weighted by atomic mass is 10.0. The second-order valence-electron chi connectivity index (χ2n) is 10.3. The first-order valence-corrected chi connectivity index (χ1v) is 14.8. The summed E-state index contributed by atoms with van der Waals surface area (Å²) in [6.07, 6.45) is 37.3. The molecule has 0 aromatic carbocycles. The van der Waals surface area contributed by atoms with Gasteiger partial charge in [0.15, 0.2) is 12.4 Å². The quantitative estimate of drug-likeness (QED) is 0.110. The van der Waals surface area contributed by atoms with Crippen molar-refractivity contribution in [3.8, 4) is 0 Å². The summed E-state index contributed by atoms with van der Waals surface area (Å²) in [6.45, 7) is 5.80. The van der Waals surface area contributed by atoms with Crippen molar-refractivity contribution in [1.82, 2.24) is 0 Å². The van der Waals surface area contributed by atoms with E-state index in [4.69, 9.17) is 0 Å². The van der Waals surface area contributed by atoms with Crippen LogP contribution in [-0.4, -0.2) is 0 Å². The predicted octanol–water partition coefficient (Wildman–Crippen LogP) is 10.1. The standard InChI is InChI=1S/C31H58N/c1-3-5-7-9-11-13-14-15-16-18-20-22-24-28-32-29-25-27-31(30-32)26-23-21-19-17-12-10-8-6-4-2/h25,27,29-30H,3-24,26,28H2,1-2H3/q+1. The molecule has 0 radical (unpaired) electrons. The highest BCUT2D eigenvalue weighted by atomic mass is 14.9. The van der Waals surface area contributed by atoms with Crippen LogP contribution in [0.5, 0.6) is 0 Å². The van der Waals surface area contributed by atoms with E-state index in [-0.39, 0.29) is 0 Å². The summed E-state index contributed by atoms with van der Waals surface area (Å²) in [7, 11) is 0. The Morgan fingerprint density at radius 2 is 0.906 bits per heavy atom. The van der Waals surface area contributed by atoms with Gasteiger partial charge in [-0.1, -0.05) is 136 Å². The molecule has 32 heavy (non-hydrogen) atoms. The number of hydrogen-bond donors (Lipinski definition) is 0. The average Bonchev–Trinajstić information content (AvgIpc) is 2.81. The first-order chi connectivity index (χ1) is 15.9. The number of aromatic nitrogens is 1. The van der Waals surface area contributed by atoms with Crippen LogP contribution in [0.25, 0.3) is 0 Å². The molecule has 1 heterocycles. The molecule has 0 unspecified atom stereocenters. The molecule has 0 aliphatic heterocycles.